The van der Waals surface area contributed by atoms with Gasteiger partial charge in [0.05, 0.1) is 12.1 Å². The number of hydrogen-bond donors (Lipinski definition) is 3. The molecule has 0 bridgehead atoms. The van der Waals surface area contributed by atoms with E-state index in [1.807, 2.05) is 0 Å². The molecule has 1 aromatic rings. The fraction of sp³-hybridized carbons (Fsp3) is 0.600. The molecule has 0 aromatic carbocycles. The van der Waals surface area contributed by atoms with Crippen LogP contribution in [0.3, 0.4) is 0 Å². The maximum Gasteiger partial charge on any atom is 0.350 e. The highest BCUT2D eigenvalue weighted by atomic mass is 31.2. The van der Waals surface area contributed by atoms with Crippen LogP contribution in [0.5, 0.6) is 0 Å². The molecule has 0 saturated heterocycles. The Kier molecular flexibility index (Phi) is 4.05. The van der Waals surface area contributed by atoms with Gasteiger partial charge in [0, 0.05) is 12.3 Å². The van der Waals surface area contributed by atoms with Crippen LogP contribution < -0.4 is 11.2 Å². The molecule has 8 nitrogen and oxygen atoms in total. The van der Waals surface area contributed by atoms with Gasteiger partial charge in [-0.05, 0) is 19.3 Å². The number of aromatic amines is 1. The standard InChI is InChI=1S/C10H15N2O6P/c13-9-4-5-12(10(14)11-9)7-2-1-3-8(7)18-6-19(15,16)17/h4-5,7-8H,1-3,6H2,(H,11,13,14)(H2,15,16,17)/t7-,8-/m0/s1. The summed E-state index contributed by atoms with van der Waals surface area (Å²) >= 11 is 0. The van der Waals surface area contributed by atoms with E-state index in [-0.39, 0.29) is 6.04 Å². The van der Waals surface area contributed by atoms with Crippen LogP contribution in [-0.2, 0) is 9.30 Å². The molecule has 0 radical (unpaired) electrons. The first-order valence-corrected chi connectivity index (χ1v) is 7.64. The van der Waals surface area contributed by atoms with Crippen LogP contribution in [0, 0.1) is 0 Å². The van der Waals surface area contributed by atoms with Gasteiger partial charge in [0.25, 0.3) is 5.56 Å². The Balaban J connectivity index is 2.16. The van der Waals surface area contributed by atoms with Crippen molar-refractivity contribution in [2.24, 2.45) is 0 Å². The van der Waals surface area contributed by atoms with Gasteiger partial charge >= 0.3 is 13.3 Å². The average molecular weight is 290 g/mol. The van der Waals surface area contributed by atoms with E-state index in [4.69, 9.17) is 14.5 Å². The summed E-state index contributed by atoms with van der Waals surface area (Å²) in [4.78, 5) is 42.4. The summed E-state index contributed by atoms with van der Waals surface area (Å²) in [6.45, 7) is 0. The van der Waals surface area contributed by atoms with Crippen LogP contribution in [0.4, 0.5) is 0 Å². The van der Waals surface area contributed by atoms with Gasteiger partial charge in [-0.1, -0.05) is 0 Å². The maximum absolute atomic E-state index is 11.7. The zero-order valence-corrected chi connectivity index (χ0v) is 11.0. The quantitative estimate of drug-likeness (QED) is 0.659. The number of aromatic nitrogens is 2. The van der Waals surface area contributed by atoms with Crippen molar-refractivity contribution in [2.45, 2.75) is 31.4 Å². The van der Waals surface area contributed by atoms with Crippen molar-refractivity contribution in [3.63, 3.8) is 0 Å². The first kappa shape index (κ1) is 14.2. The molecule has 0 amide bonds. The third-order valence-corrected chi connectivity index (χ3v) is 3.57. The molecule has 9 heteroatoms. The number of hydrogen-bond acceptors (Lipinski definition) is 4. The fourth-order valence-electron chi connectivity index (χ4n) is 2.30. The van der Waals surface area contributed by atoms with Gasteiger partial charge in [-0.2, -0.15) is 0 Å². The molecule has 0 unspecified atom stereocenters. The third kappa shape index (κ3) is 3.63. The maximum atomic E-state index is 11.7. The second-order valence-corrected chi connectivity index (χ2v) is 6.10. The van der Waals surface area contributed by atoms with Gasteiger partial charge < -0.3 is 14.5 Å². The summed E-state index contributed by atoms with van der Waals surface area (Å²) in [6.07, 6.45) is 2.36. The van der Waals surface area contributed by atoms with E-state index in [0.717, 1.165) is 6.42 Å². The second kappa shape index (κ2) is 5.42. The van der Waals surface area contributed by atoms with E-state index in [9.17, 15) is 14.2 Å². The molecule has 1 aromatic heterocycles. The van der Waals surface area contributed by atoms with Crippen LogP contribution in [0.15, 0.2) is 21.9 Å². The molecule has 1 aliphatic carbocycles. The van der Waals surface area contributed by atoms with Crippen molar-refractivity contribution in [1.82, 2.24) is 9.55 Å². The normalized spacial score (nSPS) is 23.7. The summed E-state index contributed by atoms with van der Waals surface area (Å²) in [7, 11) is -4.22. The molecule has 106 valence electrons. The molecular formula is C10H15N2O6P. The minimum Gasteiger partial charge on any atom is -0.363 e. The number of rotatable bonds is 4. The van der Waals surface area contributed by atoms with Gasteiger partial charge in [0.1, 0.15) is 6.35 Å². The highest BCUT2D eigenvalue weighted by molar-refractivity contribution is 7.51. The van der Waals surface area contributed by atoms with Crippen LogP contribution in [0.2, 0.25) is 0 Å². The first-order valence-electron chi connectivity index (χ1n) is 5.84. The minimum absolute atomic E-state index is 0.309. The Morgan fingerprint density at radius 2 is 2.16 bits per heavy atom. The Morgan fingerprint density at radius 1 is 1.42 bits per heavy atom. The smallest absolute Gasteiger partial charge is 0.350 e. The second-order valence-electron chi connectivity index (χ2n) is 4.51. The van der Waals surface area contributed by atoms with Crippen molar-refractivity contribution in [1.29, 1.82) is 0 Å². The third-order valence-electron chi connectivity index (χ3n) is 3.08. The van der Waals surface area contributed by atoms with Crippen molar-refractivity contribution in [3.8, 4) is 0 Å². The number of H-pyrrole nitrogens is 1. The van der Waals surface area contributed by atoms with Crippen LogP contribution in [0.1, 0.15) is 25.3 Å². The van der Waals surface area contributed by atoms with Gasteiger partial charge in [-0.15, -0.1) is 0 Å². The van der Waals surface area contributed by atoms with Crippen LogP contribution >= 0.6 is 7.60 Å². The van der Waals surface area contributed by atoms with Crippen LogP contribution in [-0.4, -0.2) is 31.8 Å². The Bertz CT molecular complexity index is 603. The van der Waals surface area contributed by atoms with Crippen LogP contribution in [0.25, 0.3) is 0 Å². The lowest BCUT2D eigenvalue weighted by molar-refractivity contribution is 0.0499. The average Bonchev–Trinajstić information content (AvgIpc) is 2.73. The van der Waals surface area contributed by atoms with E-state index in [1.165, 1.54) is 16.8 Å². The molecule has 2 rings (SSSR count). The zero-order valence-electron chi connectivity index (χ0n) is 10.1. The first-order chi connectivity index (χ1) is 8.87. The predicted molar refractivity (Wildman–Crippen MR) is 66.0 cm³/mol. The molecule has 1 heterocycles. The van der Waals surface area contributed by atoms with Crippen molar-refractivity contribution in [3.05, 3.63) is 33.1 Å². The fourth-order valence-corrected chi connectivity index (χ4v) is 2.69. The van der Waals surface area contributed by atoms with E-state index in [0.29, 0.717) is 12.8 Å². The topological polar surface area (TPSA) is 122 Å². The van der Waals surface area contributed by atoms with Crippen molar-refractivity contribution in [2.75, 3.05) is 6.35 Å². The van der Waals surface area contributed by atoms with Gasteiger partial charge in [0.2, 0.25) is 0 Å². The lowest BCUT2D eigenvalue weighted by Gasteiger charge is -2.22. The van der Waals surface area contributed by atoms with Gasteiger partial charge in [0.15, 0.2) is 0 Å². The highest BCUT2D eigenvalue weighted by Gasteiger charge is 2.31. The summed E-state index contributed by atoms with van der Waals surface area (Å²) < 4.78 is 17.3. The lowest BCUT2D eigenvalue weighted by atomic mass is 10.2. The lowest BCUT2D eigenvalue weighted by Crippen LogP contribution is -2.35. The summed E-state index contributed by atoms with van der Waals surface area (Å²) in [5, 5.41) is 0. The van der Waals surface area contributed by atoms with E-state index in [1.54, 1.807) is 0 Å². The Hall–Kier alpha value is -1.21. The SMILES string of the molecule is O=c1ccn([C@H]2CCC[C@@H]2OCP(=O)(O)O)c(=O)[nH]1. The molecule has 2 atom stereocenters. The number of nitrogens with one attached hydrogen (secondary N) is 1. The zero-order chi connectivity index (χ0) is 14.0. The monoisotopic (exact) mass is 290 g/mol. The number of nitrogens with zero attached hydrogens (tertiary/aromatic N) is 1. The largest absolute Gasteiger partial charge is 0.363 e. The van der Waals surface area contributed by atoms with Crippen molar-refractivity contribution < 1.29 is 19.1 Å². The summed E-state index contributed by atoms with van der Waals surface area (Å²) in [6, 6.07) is 0.927. The highest BCUT2D eigenvalue weighted by Crippen LogP contribution is 2.38. The Morgan fingerprint density at radius 3 is 2.79 bits per heavy atom. The van der Waals surface area contributed by atoms with Crippen molar-refractivity contribution >= 4 is 7.60 Å². The van der Waals surface area contributed by atoms with Gasteiger partial charge in [-0.3, -0.25) is 18.9 Å². The molecule has 1 fully saturated rings. The van der Waals surface area contributed by atoms with E-state index >= 15 is 0 Å². The molecule has 0 aliphatic heterocycles. The molecule has 3 N–H and O–H groups in total. The van der Waals surface area contributed by atoms with E-state index in [2.05, 4.69) is 4.98 Å². The van der Waals surface area contributed by atoms with E-state index < -0.39 is 31.3 Å². The molecule has 0 spiro atoms. The summed E-state index contributed by atoms with van der Waals surface area (Å²) in [5.41, 5.74) is -1.02. The predicted octanol–water partition coefficient (Wildman–Crippen LogP) is -0.218. The molecule has 19 heavy (non-hydrogen) atoms. The molecule has 1 saturated carbocycles. The summed E-state index contributed by atoms with van der Waals surface area (Å²) in [5.74, 6) is 0. The molecular weight excluding hydrogens is 275 g/mol. The molecule has 1 aliphatic rings. The number of ether oxygens (including phenoxy) is 1. The minimum atomic E-state index is -4.22. The van der Waals surface area contributed by atoms with Gasteiger partial charge in [-0.25, -0.2) is 4.79 Å². The Labute approximate surface area is 108 Å².